The largest absolute Gasteiger partial charge is 0.370 e. The molecule has 1 nitrogen and oxygen atoms in total. The summed E-state index contributed by atoms with van der Waals surface area (Å²) in [6, 6.07) is 9.03. The van der Waals surface area contributed by atoms with Gasteiger partial charge in [-0.2, -0.15) is 0 Å². The molecule has 0 aromatic heterocycles. The summed E-state index contributed by atoms with van der Waals surface area (Å²) in [4.78, 5) is 2.34. The second-order valence-electron chi connectivity index (χ2n) is 6.16. The first-order chi connectivity index (χ1) is 8.39. The highest BCUT2D eigenvalue weighted by Crippen LogP contribution is 2.30. The summed E-state index contributed by atoms with van der Waals surface area (Å²) in [6.45, 7) is 9.37. The van der Waals surface area contributed by atoms with Crippen molar-refractivity contribution in [2.45, 2.75) is 32.6 Å². The Morgan fingerprint density at radius 1 is 1.11 bits per heavy atom. The molecule has 0 saturated heterocycles. The summed E-state index contributed by atoms with van der Waals surface area (Å²) in [7, 11) is 0.972. The lowest BCUT2D eigenvalue weighted by atomic mass is 9.99. The quantitative estimate of drug-likeness (QED) is 0.714. The minimum Gasteiger partial charge on any atom is -0.370 e. The fourth-order valence-electron chi connectivity index (χ4n) is 2.36. The van der Waals surface area contributed by atoms with Gasteiger partial charge in [-0.15, -0.1) is 0 Å². The van der Waals surface area contributed by atoms with Crippen molar-refractivity contribution >= 4 is 8.07 Å². The SMILES string of the molecule is Cc1ccccc1C1C=CC([Si](C)(C)C)=CN1C. The highest BCUT2D eigenvalue weighted by molar-refractivity contribution is 6.83. The Balaban J connectivity index is 2.30. The van der Waals surface area contributed by atoms with Crippen LogP contribution in [-0.4, -0.2) is 20.0 Å². The van der Waals surface area contributed by atoms with Crippen molar-refractivity contribution in [3.8, 4) is 0 Å². The zero-order valence-electron chi connectivity index (χ0n) is 12.1. The predicted molar refractivity (Wildman–Crippen MR) is 82.3 cm³/mol. The zero-order valence-corrected chi connectivity index (χ0v) is 13.1. The molecule has 0 fully saturated rings. The Morgan fingerprint density at radius 2 is 1.78 bits per heavy atom. The monoisotopic (exact) mass is 257 g/mol. The molecule has 1 atom stereocenters. The Hall–Kier alpha value is -1.28. The molecule has 0 aliphatic carbocycles. The van der Waals surface area contributed by atoms with E-state index in [0.717, 1.165) is 0 Å². The first kappa shape index (κ1) is 13.2. The maximum Gasteiger partial charge on any atom is 0.0794 e. The highest BCUT2D eigenvalue weighted by atomic mass is 28.3. The van der Waals surface area contributed by atoms with Crippen LogP contribution in [-0.2, 0) is 0 Å². The molecule has 0 amide bonds. The number of allylic oxidation sites excluding steroid dienone is 2. The van der Waals surface area contributed by atoms with Crippen LogP contribution in [0.3, 0.4) is 0 Å². The van der Waals surface area contributed by atoms with Crippen LogP contribution in [0.2, 0.25) is 19.6 Å². The van der Waals surface area contributed by atoms with E-state index in [2.05, 4.69) is 81.1 Å². The summed E-state index contributed by atoms with van der Waals surface area (Å²) in [5.74, 6) is 0. The van der Waals surface area contributed by atoms with Crippen molar-refractivity contribution < 1.29 is 0 Å². The molecular formula is C16H23NSi. The van der Waals surface area contributed by atoms with Crippen molar-refractivity contribution in [1.29, 1.82) is 0 Å². The van der Waals surface area contributed by atoms with Gasteiger partial charge in [0.15, 0.2) is 0 Å². The van der Waals surface area contributed by atoms with Crippen LogP contribution in [0.15, 0.2) is 47.8 Å². The highest BCUT2D eigenvalue weighted by Gasteiger charge is 2.23. The molecule has 18 heavy (non-hydrogen) atoms. The third-order valence-corrected chi connectivity index (χ3v) is 5.64. The van der Waals surface area contributed by atoms with Gasteiger partial charge in [-0.05, 0) is 29.4 Å². The fraction of sp³-hybridized carbons (Fsp3) is 0.375. The number of aryl methyl sites for hydroxylation is 1. The van der Waals surface area contributed by atoms with Crippen molar-refractivity contribution in [3.63, 3.8) is 0 Å². The lowest BCUT2D eigenvalue weighted by Gasteiger charge is -2.32. The van der Waals surface area contributed by atoms with Gasteiger partial charge in [-0.3, -0.25) is 0 Å². The summed E-state index contributed by atoms with van der Waals surface area (Å²) < 4.78 is 0. The molecule has 0 radical (unpaired) electrons. The Labute approximate surface area is 112 Å². The number of hydrogen-bond donors (Lipinski definition) is 0. The molecule has 1 heterocycles. The molecular weight excluding hydrogens is 234 g/mol. The van der Waals surface area contributed by atoms with Crippen molar-refractivity contribution in [1.82, 2.24) is 4.90 Å². The number of nitrogens with zero attached hydrogens (tertiary/aromatic N) is 1. The third-order valence-electron chi connectivity index (χ3n) is 3.61. The van der Waals surface area contributed by atoms with Gasteiger partial charge in [-0.1, -0.05) is 56.1 Å². The van der Waals surface area contributed by atoms with Gasteiger partial charge in [0.05, 0.1) is 14.1 Å². The van der Waals surface area contributed by atoms with E-state index >= 15 is 0 Å². The molecule has 96 valence electrons. The van der Waals surface area contributed by atoms with Gasteiger partial charge < -0.3 is 4.90 Å². The fourth-order valence-corrected chi connectivity index (χ4v) is 3.55. The van der Waals surface area contributed by atoms with E-state index in [-0.39, 0.29) is 0 Å². The second-order valence-corrected chi connectivity index (χ2v) is 11.2. The predicted octanol–water partition coefficient (Wildman–Crippen LogP) is 4.30. The van der Waals surface area contributed by atoms with E-state index in [1.54, 1.807) is 0 Å². The Bertz CT molecular complexity index is 494. The molecule has 1 aliphatic rings. The van der Waals surface area contributed by atoms with Crippen LogP contribution < -0.4 is 0 Å². The van der Waals surface area contributed by atoms with Crippen LogP contribution in [0.4, 0.5) is 0 Å². The van der Waals surface area contributed by atoms with E-state index in [4.69, 9.17) is 0 Å². The average molecular weight is 257 g/mol. The van der Waals surface area contributed by atoms with Crippen LogP contribution >= 0.6 is 0 Å². The van der Waals surface area contributed by atoms with Gasteiger partial charge in [0.2, 0.25) is 0 Å². The number of hydrogen-bond acceptors (Lipinski definition) is 1. The molecule has 1 unspecified atom stereocenters. The first-order valence-corrected chi connectivity index (χ1v) is 10.1. The van der Waals surface area contributed by atoms with Crippen molar-refractivity contribution in [2.24, 2.45) is 0 Å². The van der Waals surface area contributed by atoms with Gasteiger partial charge in [0, 0.05) is 7.05 Å². The Kier molecular flexibility index (Phi) is 3.49. The summed E-state index contributed by atoms with van der Waals surface area (Å²) >= 11 is 0. The lowest BCUT2D eigenvalue weighted by molar-refractivity contribution is 0.387. The molecule has 0 saturated carbocycles. The standard InChI is InChI=1S/C16H23NSi/c1-13-8-6-7-9-15(13)16-11-10-14(12-17(16)2)18(3,4)5/h6-12,16H,1-5H3. The molecule has 1 aliphatic heterocycles. The minimum absolute atomic E-state index is 0.381. The molecule has 0 N–H and O–H groups in total. The number of rotatable bonds is 2. The van der Waals surface area contributed by atoms with Gasteiger partial charge in [-0.25, -0.2) is 0 Å². The van der Waals surface area contributed by atoms with Crippen LogP contribution in [0, 0.1) is 6.92 Å². The van der Waals surface area contributed by atoms with E-state index in [9.17, 15) is 0 Å². The molecule has 1 aromatic rings. The number of benzene rings is 1. The van der Waals surface area contributed by atoms with Crippen LogP contribution in [0.25, 0.3) is 0 Å². The van der Waals surface area contributed by atoms with Crippen LogP contribution in [0.5, 0.6) is 0 Å². The molecule has 0 bridgehead atoms. The third kappa shape index (κ3) is 2.59. The second kappa shape index (κ2) is 4.77. The Morgan fingerprint density at radius 3 is 2.33 bits per heavy atom. The van der Waals surface area contributed by atoms with E-state index in [1.807, 2.05) is 0 Å². The normalized spacial score (nSPS) is 19.9. The molecule has 1 aromatic carbocycles. The summed E-state index contributed by atoms with van der Waals surface area (Å²) in [5, 5.41) is 1.52. The van der Waals surface area contributed by atoms with E-state index < -0.39 is 8.07 Å². The molecule has 0 spiro atoms. The zero-order chi connectivity index (χ0) is 13.3. The van der Waals surface area contributed by atoms with Gasteiger partial charge in [0.25, 0.3) is 0 Å². The smallest absolute Gasteiger partial charge is 0.0794 e. The minimum atomic E-state index is -1.21. The molecule has 2 rings (SSSR count). The maximum atomic E-state index is 2.39. The lowest BCUT2D eigenvalue weighted by Crippen LogP contribution is -2.29. The first-order valence-electron chi connectivity index (χ1n) is 6.57. The average Bonchev–Trinajstić information content (AvgIpc) is 2.29. The maximum absolute atomic E-state index is 2.39. The summed E-state index contributed by atoms with van der Waals surface area (Å²) in [5.41, 5.74) is 2.77. The van der Waals surface area contributed by atoms with E-state index in [0.29, 0.717) is 6.04 Å². The molecule has 2 heteroatoms. The van der Waals surface area contributed by atoms with Crippen molar-refractivity contribution in [3.05, 3.63) is 58.9 Å². The summed E-state index contributed by atoms with van der Waals surface area (Å²) in [6.07, 6.45) is 7.02. The topological polar surface area (TPSA) is 3.24 Å². The van der Waals surface area contributed by atoms with Crippen LogP contribution in [0.1, 0.15) is 17.2 Å². The van der Waals surface area contributed by atoms with Crippen molar-refractivity contribution in [2.75, 3.05) is 7.05 Å². The van der Waals surface area contributed by atoms with Gasteiger partial charge in [0.1, 0.15) is 0 Å². The van der Waals surface area contributed by atoms with E-state index in [1.165, 1.54) is 16.3 Å². The number of likely N-dealkylation sites (N-methyl/N-ethyl adjacent to an activating group) is 1. The van der Waals surface area contributed by atoms with Gasteiger partial charge >= 0.3 is 0 Å².